The number of hydrogen-bond donors (Lipinski definition) is 3. The molecule has 1 aromatic heterocycles. The first kappa shape index (κ1) is 23.5. The van der Waals surface area contributed by atoms with Crippen LogP contribution in [0.1, 0.15) is 24.1 Å². The van der Waals surface area contributed by atoms with E-state index in [1.54, 1.807) is 38.4 Å². The van der Waals surface area contributed by atoms with Crippen molar-refractivity contribution in [1.82, 2.24) is 19.9 Å². The molecular weight excluding hydrogens is 424 g/mol. The van der Waals surface area contributed by atoms with Gasteiger partial charge in [0, 0.05) is 20.5 Å². The predicted octanol–water partition coefficient (Wildman–Crippen LogP) is 3.21. The molecule has 172 valence electrons. The van der Waals surface area contributed by atoms with Gasteiger partial charge in [-0.05, 0) is 30.2 Å². The second-order valence-corrected chi connectivity index (χ2v) is 7.56. The largest absolute Gasteiger partial charge is 0.480 e. The van der Waals surface area contributed by atoms with Gasteiger partial charge in [-0.25, -0.2) is 19.6 Å². The molecule has 0 aliphatic heterocycles. The first-order valence-corrected chi connectivity index (χ1v) is 10.3. The normalized spacial score (nSPS) is 12.3. The van der Waals surface area contributed by atoms with Crippen LogP contribution >= 0.6 is 0 Å². The van der Waals surface area contributed by atoms with Crippen molar-refractivity contribution in [1.29, 1.82) is 0 Å². The maximum absolute atomic E-state index is 11.8. The molecule has 2 atom stereocenters. The first-order chi connectivity index (χ1) is 15.8. The zero-order valence-electron chi connectivity index (χ0n) is 18.6. The number of aromatic nitrogens is 3. The number of benzene rings is 2. The lowest BCUT2D eigenvalue weighted by Gasteiger charge is -2.17. The van der Waals surface area contributed by atoms with Gasteiger partial charge in [-0.3, -0.25) is 0 Å². The van der Waals surface area contributed by atoms with Gasteiger partial charge in [-0.15, -0.1) is 0 Å². The van der Waals surface area contributed by atoms with E-state index < -0.39 is 18.1 Å². The van der Waals surface area contributed by atoms with E-state index in [9.17, 15) is 14.7 Å². The SMILES string of the molecule is C[C@H](Nc1ncnc(N[C@@H](Cc2ccc(OC(=O)N(C)C)cc2)C(=O)O)n1)c1ccccc1. The maximum atomic E-state index is 11.8. The summed E-state index contributed by atoms with van der Waals surface area (Å²) in [6.07, 6.45) is 1.00. The number of ether oxygens (including phenoxy) is 1. The minimum absolute atomic E-state index is 0.0446. The Hall–Kier alpha value is -4.21. The summed E-state index contributed by atoms with van der Waals surface area (Å²) in [5.74, 6) is -0.194. The highest BCUT2D eigenvalue weighted by atomic mass is 16.6. The van der Waals surface area contributed by atoms with Gasteiger partial charge in [0.15, 0.2) is 0 Å². The molecule has 1 amide bonds. The number of rotatable bonds is 9. The van der Waals surface area contributed by atoms with Crippen molar-refractivity contribution < 1.29 is 19.4 Å². The molecule has 0 bridgehead atoms. The van der Waals surface area contributed by atoms with Crippen LogP contribution < -0.4 is 15.4 Å². The Bertz CT molecular complexity index is 1080. The second kappa shape index (κ2) is 10.9. The van der Waals surface area contributed by atoms with Gasteiger partial charge in [0.25, 0.3) is 0 Å². The number of nitrogens with zero attached hydrogens (tertiary/aromatic N) is 4. The quantitative estimate of drug-likeness (QED) is 0.450. The molecule has 10 nitrogen and oxygen atoms in total. The standard InChI is InChI=1S/C23H26N6O4/c1-15(17-7-5-4-6-8-17)26-21-24-14-25-22(28-21)27-19(20(30)31)13-16-9-11-18(12-10-16)33-23(32)29(2)3/h4-12,14-15,19H,13H2,1-3H3,(H,30,31)(H2,24,25,26,27,28)/t15-,19-/m0/s1. The third kappa shape index (κ3) is 6.89. The molecule has 3 aromatic rings. The van der Waals surface area contributed by atoms with E-state index in [1.807, 2.05) is 37.3 Å². The number of amides is 1. The summed E-state index contributed by atoms with van der Waals surface area (Å²) in [6.45, 7) is 1.98. The fourth-order valence-corrected chi connectivity index (χ4v) is 2.93. The molecule has 3 rings (SSSR count). The lowest BCUT2D eigenvalue weighted by atomic mass is 10.1. The summed E-state index contributed by atoms with van der Waals surface area (Å²) in [7, 11) is 3.18. The number of carboxylic acid groups (broad SMARTS) is 1. The average molecular weight is 450 g/mol. The molecule has 2 aromatic carbocycles. The third-order valence-electron chi connectivity index (χ3n) is 4.75. The molecule has 0 aliphatic carbocycles. The Kier molecular flexibility index (Phi) is 7.74. The molecule has 0 saturated heterocycles. The van der Waals surface area contributed by atoms with E-state index in [4.69, 9.17) is 4.74 Å². The first-order valence-electron chi connectivity index (χ1n) is 10.3. The number of carboxylic acids is 1. The van der Waals surface area contributed by atoms with Gasteiger partial charge < -0.3 is 25.4 Å². The Morgan fingerprint density at radius 2 is 1.64 bits per heavy atom. The summed E-state index contributed by atoms with van der Waals surface area (Å²) >= 11 is 0. The second-order valence-electron chi connectivity index (χ2n) is 7.56. The number of carbonyl (C=O) groups is 2. The van der Waals surface area contributed by atoms with Crippen LogP contribution in [0.15, 0.2) is 60.9 Å². The Balaban J connectivity index is 1.64. The Morgan fingerprint density at radius 3 is 2.24 bits per heavy atom. The van der Waals surface area contributed by atoms with E-state index >= 15 is 0 Å². The van der Waals surface area contributed by atoms with Crippen LogP contribution in [0.3, 0.4) is 0 Å². The van der Waals surface area contributed by atoms with Crippen molar-refractivity contribution >= 4 is 24.0 Å². The van der Waals surface area contributed by atoms with Crippen LogP contribution in [-0.2, 0) is 11.2 Å². The van der Waals surface area contributed by atoms with Crippen LogP contribution in [0.5, 0.6) is 5.75 Å². The topological polar surface area (TPSA) is 130 Å². The van der Waals surface area contributed by atoms with E-state index in [2.05, 4.69) is 25.6 Å². The summed E-state index contributed by atoms with van der Waals surface area (Å²) in [5, 5.41) is 15.7. The molecule has 0 aliphatic rings. The van der Waals surface area contributed by atoms with Crippen LogP contribution in [0.25, 0.3) is 0 Å². The smallest absolute Gasteiger partial charge is 0.414 e. The monoisotopic (exact) mass is 450 g/mol. The Morgan fingerprint density at radius 1 is 1.00 bits per heavy atom. The minimum atomic E-state index is -1.05. The molecule has 0 spiro atoms. The molecular formula is C23H26N6O4. The molecule has 0 saturated carbocycles. The van der Waals surface area contributed by atoms with Gasteiger partial charge in [-0.2, -0.15) is 4.98 Å². The van der Waals surface area contributed by atoms with Crippen LogP contribution in [0.4, 0.5) is 16.7 Å². The van der Waals surface area contributed by atoms with Gasteiger partial charge in [0.1, 0.15) is 18.1 Å². The van der Waals surface area contributed by atoms with E-state index in [0.29, 0.717) is 11.7 Å². The molecule has 33 heavy (non-hydrogen) atoms. The lowest BCUT2D eigenvalue weighted by Crippen LogP contribution is -2.32. The number of nitrogens with one attached hydrogen (secondary N) is 2. The minimum Gasteiger partial charge on any atom is -0.480 e. The van der Waals surface area contributed by atoms with Crippen molar-refractivity contribution in [2.75, 3.05) is 24.7 Å². The summed E-state index contributed by atoms with van der Waals surface area (Å²) < 4.78 is 5.18. The molecule has 0 radical (unpaired) electrons. The fraction of sp³-hybridized carbons (Fsp3) is 0.261. The van der Waals surface area contributed by atoms with Crippen molar-refractivity contribution in [2.24, 2.45) is 0 Å². The fourth-order valence-electron chi connectivity index (χ4n) is 2.93. The lowest BCUT2D eigenvalue weighted by molar-refractivity contribution is -0.137. The number of aliphatic carboxylic acids is 1. The Labute approximate surface area is 191 Å². The number of hydrogen-bond acceptors (Lipinski definition) is 8. The zero-order chi connectivity index (χ0) is 23.8. The molecule has 10 heteroatoms. The predicted molar refractivity (Wildman–Crippen MR) is 123 cm³/mol. The average Bonchev–Trinajstić information content (AvgIpc) is 2.80. The van der Waals surface area contributed by atoms with Gasteiger partial charge in [0.05, 0.1) is 6.04 Å². The van der Waals surface area contributed by atoms with Gasteiger partial charge >= 0.3 is 12.1 Å². The maximum Gasteiger partial charge on any atom is 0.414 e. The van der Waals surface area contributed by atoms with Crippen LogP contribution in [0, 0.1) is 0 Å². The van der Waals surface area contributed by atoms with E-state index in [0.717, 1.165) is 11.1 Å². The third-order valence-corrected chi connectivity index (χ3v) is 4.75. The van der Waals surface area contributed by atoms with Crippen molar-refractivity contribution in [3.8, 4) is 5.75 Å². The zero-order valence-corrected chi connectivity index (χ0v) is 18.6. The highest BCUT2D eigenvalue weighted by Gasteiger charge is 2.20. The number of carbonyl (C=O) groups excluding carboxylic acids is 1. The van der Waals surface area contributed by atoms with E-state index in [-0.39, 0.29) is 18.4 Å². The molecule has 1 heterocycles. The van der Waals surface area contributed by atoms with Crippen molar-refractivity contribution in [2.45, 2.75) is 25.4 Å². The van der Waals surface area contributed by atoms with Crippen LogP contribution in [-0.4, -0.2) is 57.2 Å². The molecule has 3 N–H and O–H groups in total. The van der Waals surface area contributed by atoms with Crippen molar-refractivity contribution in [3.63, 3.8) is 0 Å². The molecule has 0 unspecified atom stereocenters. The highest BCUT2D eigenvalue weighted by Crippen LogP contribution is 2.18. The molecule has 0 fully saturated rings. The summed E-state index contributed by atoms with van der Waals surface area (Å²) in [5.41, 5.74) is 1.81. The van der Waals surface area contributed by atoms with Crippen molar-refractivity contribution in [3.05, 3.63) is 72.1 Å². The summed E-state index contributed by atoms with van der Waals surface area (Å²) in [6, 6.07) is 15.5. The summed E-state index contributed by atoms with van der Waals surface area (Å²) in [4.78, 5) is 37.2. The van der Waals surface area contributed by atoms with Crippen LogP contribution in [0.2, 0.25) is 0 Å². The highest BCUT2D eigenvalue weighted by molar-refractivity contribution is 5.77. The number of anilines is 2. The van der Waals surface area contributed by atoms with Gasteiger partial charge in [0.2, 0.25) is 11.9 Å². The van der Waals surface area contributed by atoms with Gasteiger partial charge in [-0.1, -0.05) is 42.5 Å². The van der Waals surface area contributed by atoms with E-state index in [1.165, 1.54) is 11.2 Å².